The van der Waals surface area contributed by atoms with Crippen LogP contribution in [0.2, 0.25) is 0 Å². The summed E-state index contributed by atoms with van der Waals surface area (Å²) in [5, 5.41) is 3.42. The number of rotatable bonds is 6. The first-order valence-electron chi connectivity index (χ1n) is 8.35. The van der Waals surface area contributed by atoms with E-state index in [1.807, 2.05) is 0 Å². The molecule has 0 aliphatic carbocycles. The smallest absolute Gasteiger partial charge is 0.223 e. The van der Waals surface area contributed by atoms with Crippen molar-refractivity contribution in [1.82, 2.24) is 10.2 Å². The van der Waals surface area contributed by atoms with Gasteiger partial charge in [-0.25, -0.2) is 0 Å². The summed E-state index contributed by atoms with van der Waals surface area (Å²) in [4.78, 5) is 14.6. The molecule has 0 radical (unpaired) electrons. The van der Waals surface area contributed by atoms with Gasteiger partial charge >= 0.3 is 0 Å². The van der Waals surface area contributed by atoms with E-state index in [0.717, 1.165) is 45.3 Å². The Balaban J connectivity index is 2.05. The van der Waals surface area contributed by atoms with E-state index < -0.39 is 0 Å². The average Bonchev–Trinajstić information content (AvgIpc) is 2.55. The zero-order chi connectivity index (χ0) is 15.1. The fourth-order valence-corrected chi connectivity index (χ4v) is 2.95. The molecule has 0 saturated carbocycles. The molecule has 1 saturated heterocycles. The van der Waals surface area contributed by atoms with Gasteiger partial charge in [0, 0.05) is 26.1 Å². The number of unbranched alkanes of at least 4 members (excludes halogenated alkanes) is 2. The molecule has 1 heterocycles. The molecule has 1 N–H and O–H groups in total. The van der Waals surface area contributed by atoms with Gasteiger partial charge < -0.3 is 10.2 Å². The normalized spacial score (nSPS) is 18.8. The molecule has 3 nitrogen and oxygen atoms in total. The van der Waals surface area contributed by atoms with Gasteiger partial charge in [-0.2, -0.15) is 0 Å². The van der Waals surface area contributed by atoms with Gasteiger partial charge in [-0.1, -0.05) is 51.0 Å². The van der Waals surface area contributed by atoms with Crippen molar-refractivity contribution in [3.8, 4) is 0 Å². The second kappa shape index (κ2) is 8.18. The second-order valence-corrected chi connectivity index (χ2v) is 5.86. The minimum absolute atomic E-state index is 0.193. The largest absolute Gasteiger partial charge is 0.333 e. The number of piperazine rings is 1. The van der Waals surface area contributed by atoms with Crippen LogP contribution in [-0.4, -0.2) is 30.4 Å². The van der Waals surface area contributed by atoms with Crippen LogP contribution in [0.15, 0.2) is 24.3 Å². The standard InChI is InChI=1S/C18H28N2O/c1-3-5-6-7-18(21)20-13-12-19-14-17(20)16-10-8-15(4-2)9-11-16/h8-11,17,19H,3-7,12-14H2,1-2H3. The minimum atomic E-state index is 0.193. The fraction of sp³-hybridized carbons (Fsp3) is 0.611. The number of nitrogens with zero attached hydrogens (tertiary/aromatic N) is 1. The molecule has 1 unspecified atom stereocenters. The molecular formula is C18H28N2O. The van der Waals surface area contributed by atoms with E-state index in [1.54, 1.807) is 0 Å². The third kappa shape index (κ3) is 4.31. The van der Waals surface area contributed by atoms with Crippen LogP contribution < -0.4 is 5.32 Å². The molecule has 0 aromatic heterocycles. The van der Waals surface area contributed by atoms with Gasteiger partial charge in [0.05, 0.1) is 6.04 Å². The summed E-state index contributed by atoms with van der Waals surface area (Å²) in [7, 11) is 0. The first-order chi connectivity index (χ1) is 10.3. The van der Waals surface area contributed by atoms with Crippen molar-refractivity contribution in [2.75, 3.05) is 19.6 Å². The van der Waals surface area contributed by atoms with Crippen LogP contribution in [0, 0.1) is 0 Å². The van der Waals surface area contributed by atoms with E-state index in [-0.39, 0.29) is 6.04 Å². The molecule has 116 valence electrons. The van der Waals surface area contributed by atoms with Crippen molar-refractivity contribution < 1.29 is 4.79 Å². The van der Waals surface area contributed by atoms with Crippen molar-refractivity contribution in [1.29, 1.82) is 0 Å². The maximum atomic E-state index is 12.5. The summed E-state index contributed by atoms with van der Waals surface area (Å²) in [6, 6.07) is 8.93. The number of aryl methyl sites for hydroxylation is 1. The third-order valence-electron chi connectivity index (χ3n) is 4.33. The van der Waals surface area contributed by atoms with Crippen LogP contribution in [0.4, 0.5) is 0 Å². The van der Waals surface area contributed by atoms with E-state index >= 15 is 0 Å². The topological polar surface area (TPSA) is 32.3 Å². The van der Waals surface area contributed by atoms with Crippen molar-refractivity contribution >= 4 is 5.91 Å². The monoisotopic (exact) mass is 288 g/mol. The van der Waals surface area contributed by atoms with Crippen molar-refractivity contribution in [2.24, 2.45) is 0 Å². The SMILES string of the molecule is CCCCCC(=O)N1CCNCC1c1ccc(CC)cc1. The lowest BCUT2D eigenvalue weighted by Crippen LogP contribution is -2.48. The molecule has 0 spiro atoms. The van der Waals surface area contributed by atoms with Gasteiger partial charge in [0.1, 0.15) is 0 Å². The average molecular weight is 288 g/mol. The highest BCUT2D eigenvalue weighted by atomic mass is 16.2. The number of hydrogen-bond donors (Lipinski definition) is 1. The maximum absolute atomic E-state index is 12.5. The fourth-order valence-electron chi connectivity index (χ4n) is 2.95. The molecule has 2 rings (SSSR count). The van der Waals surface area contributed by atoms with Crippen LogP contribution in [0.5, 0.6) is 0 Å². The molecule has 3 heteroatoms. The Hall–Kier alpha value is -1.35. The van der Waals surface area contributed by atoms with Gasteiger partial charge in [-0.3, -0.25) is 4.79 Å². The number of carbonyl (C=O) groups is 1. The molecule has 21 heavy (non-hydrogen) atoms. The lowest BCUT2D eigenvalue weighted by Gasteiger charge is -2.36. The highest BCUT2D eigenvalue weighted by molar-refractivity contribution is 5.76. The summed E-state index contributed by atoms with van der Waals surface area (Å²) in [6.45, 7) is 6.94. The van der Waals surface area contributed by atoms with E-state index in [1.165, 1.54) is 11.1 Å². The number of benzene rings is 1. The predicted octanol–water partition coefficient (Wildman–Crippen LogP) is 3.30. The van der Waals surface area contributed by atoms with Gasteiger partial charge in [-0.15, -0.1) is 0 Å². The maximum Gasteiger partial charge on any atom is 0.223 e. The van der Waals surface area contributed by atoms with Crippen LogP contribution in [-0.2, 0) is 11.2 Å². The Morgan fingerprint density at radius 3 is 2.67 bits per heavy atom. The van der Waals surface area contributed by atoms with Crippen molar-refractivity contribution in [3.63, 3.8) is 0 Å². The van der Waals surface area contributed by atoms with Gasteiger partial charge in [0.2, 0.25) is 5.91 Å². The number of carbonyl (C=O) groups excluding carboxylic acids is 1. The molecule has 1 amide bonds. The zero-order valence-electron chi connectivity index (χ0n) is 13.4. The molecule has 1 aromatic carbocycles. The first kappa shape index (κ1) is 16.0. The van der Waals surface area contributed by atoms with Gasteiger partial charge in [0.25, 0.3) is 0 Å². The molecule has 1 fully saturated rings. The highest BCUT2D eigenvalue weighted by Crippen LogP contribution is 2.24. The summed E-state index contributed by atoms with van der Waals surface area (Å²) >= 11 is 0. The Bertz CT molecular complexity index is 441. The Labute approximate surface area is 128 Å². The van der Waals surface area contributed by atoms with E-state index in [9.17, 15) is 4.79 Å². The Morgan fingerprint density at radius 2 is 2.00 bits per heavy atom. The third-order valence-corrected chi connectivity index (χ3v) is 4.33. The minimum Gasteiger partial charge on any atom is -0.333 e. The zero-order valence-corrected chi connectivity index (χ0v) is 13.4. The Morgan fingerprint density at radius 1 is 1.24 bits per heavy atom. The quantitative estimate of drug-likeness (QED) is 0.815. The molecule has 1 atom stereocenters. The summed E-state index contributed by atoms with van der Waals surface area (Å²) in [6.07, 6.45) is 5.07. The highest BCUT2D eigenvalue weighted by Gasteiger charge is 2.27. The summed E-state index contributed by atoms with van der Waals surface area (Å²) < 4.78 is 0. The molecule has 0 bridgehead atoms. The molecule has 1 aliphatic heterocycles. The molecular weight excluding hydrogens is 260 g/mol. The number of nitrogens with one attached hydrogen (secondary N) is 1. The molecule has 1 aliphatic rings. The Kier molecular flexibility index (Phi) is 6.24. The van der Waals surface area contributed by atoms with Crippen LogP contribution in [0.3, 0.4) is 0 Å². The summed E-state index contributed by atoms with van der Waals surface area (Å²) in [5.74, 6) is 0.314. The van der Waals surface area contributed by atoms with Crippen LogP contribution >= 0.6 is 0 Å². The van der Waals surface area contributed by atoms with Crippen molar-refractivity contribution in [3.05, 3.63) is 35.4 Å². The van der Waals surface area contributed by atoms with E-state index in [2.05, 4.69) is 48.3 Å². The lowest BCUT2D eigenvalue weighted by atomic mass is 10.00. The lowest BCUT2D eigenvalue weighted by molar-refractivity contribution is -0.134. The molecule has 1 aromatic rings. The summed E-state index contributed by atoms with van der Waals surface area (Å²) in [5.41, 5.74) is 2.60. The number of amides is 1. The number of hydrogen-bond acceptors (Lipinski definition) is 2. The second-order valence-electron chi connectivity index (χ2n) is 5.86. The van der Waals surface area contributed by atoms with Crippen LogP contribution in [0.25, 0.3) is 0 Å². The van der Waals surface area contributed by atoms with Crippen LogP contribution in [0.1, 0.15) is 56.7 Å². The van der Waals surface area contributed by atoms with Gasteiger partial charge in [-0.05, 0) is 24.0 Å². The first-order valence-corrected chi connectivity index (χ1v) is 8.35. The van der Waals surface area contributed by atoms with E-state index in [0.29, 0.717) is 12.3 Å². The van der Waals surface area contributed by atoms with Gasteiger partial charge in [0.15, 0.2) is 0 Å². The van der Waals surface area contributed by atoms with E-state index in [4.69, 9.17) is 0 Å². The predicted molar refractivity (Wildman–Crippen MR) is 87.3 cm³/mol. The van der Waals surface area contributed by atoms with Crippen molar-refractivity contribution in [2.45, 2.75) is 52.0 Å².